The lowest BCUT2D eigenvalue weighted by atomic mass is 10.0. The lowest BCUT2D eigenvalue weighted by Crippen LogP contribution is -2.28. The molecular weight excluding hydrogens is 436 g/mol. The number of amides is 2. The van der Waals surface area contributed by atoms with Crippen LogP contribution in [0.15, 0.2) is 28.4 Å². The molecular formula is C21H20N4O6S. The molecule has 4 rings (SSSR count). The number of ether oxygens (including phenoxy) is 2. The van der Waals surface area contributed by atoms with E-state index in [0.29, 0.717) is 21.8 Å². The molecule has 1 aliphatic heterocycles. The van der Waals surface area contributed by atoms with Gasteiger partial charge in [0.15, 0.2) is 6.61 Å². The number of carbonyl (C=O) groups is 3. The van der Waals surface area contributed by atoms with Crippen LogP contribution >= 0.6 is 11.3 Å². The van der Waals surface area contributed by atoms with Crippen LogP contribution in [0.3, 0.4) is 0 Å². The third-order valence-corrected chi connectivity index (χ3v) is 5.81. The monoisotopic (exact) mass is 456 g/mol. The van der Waals surface area contributed by atoms with E-state index in [-0.39, 0.29) is 36.9 Å². The van der Waals surface area contributed by atoms with Crippen molar-refractivity contribution in [3.05, 3.63) is 50.9 Å². The smallest absolute Gasteiger partial charge is 0.313 e. The number of nitrogens with zero attached hydrogens (tertiary/aromatic N) is 1. The fourth-order valence-electron chi connectivity index (χ4n) is 3.30. The summed E-state index contributed by atoms with van der Waals surface area (Å²) in [6, 6.07) is 5.17. The Balaban J connectivity index is 1.51. The maximum Gasteiger partial charge on any atom is 0.313 e. The second-order valence-corrected chi connectivity index (χ2v) is 7.97. The average molecular weight is 456 g/mol. The zero-order valence-electron chi connectivity index (χ0n) is 17.3. The molecule has 0 aliphatic carbocycles. The molecule has 10 nitrogen and oxygen atoms in total. The minimum Gasteiger partial charge on any atom is -0.482 e. The summed E-state index contributed by atoms with van der Waals surface area (Å²) < 4.78 is 10.3. The first-order valence-corrected chi connectivity index (χ1v) is 10.8. The number of aromatic nitrogens is 2. The first-order valence-electron chi connectivity index (χ1n) is 9.89. The van der Waals surface area contributed by atoms with Crippen LogP contribution in [0.25, 0.3) is 10.2 Å². The molecule has 2 aromatic heterocycles. The van der Waals surface area contributed by atoms with E-state index in [2.05, 4.69) is 20.6 Å². The van der Waals surface area contributed by atoms with Crippen LogP contribution < -0.4 is 20.9 Å². The van der Waals surface area contributed by atoms with E-state index in [1.165, 1.54) is 11.3 Å². The zero-order valence-corrected chi connectivity index (χ0v) is 18.1. The van der Waals surface area contributed by atoms with Crippen molar-refractivity contribution in [1.82, 2.24) is 15.3 Å². The molecule has 1 atom stereocenters. The number of H-pyrrole nitrogens is 1. The summed E-state index contributed by atoms with van der Waals surface area (Å²) >= 11 is 1.18. The maximum atomic E-state index is 12.7. The first-order chi connectivity index (χ1) is 15.4. The predicted octanol–water partition coefficient (Wildman–Crippen LogP) is 1.91. The van der Waals surface area contributed by atoms with Crippen LogP contribution in [0.4, 0.5) is 5.69 Å². The number of hydrogen-bond acceptors (Lipinski definition) is 8. The van der Waals surface area contributed by atoms with E-state index in [1.54, 1.807) is 37.4 Å². The Morgan fingerprint density at radius 2 is 2.16 bits per heavy atom. The average Bonchev–Trinajstić information content (AvgIpc) is 3.21. The van der Waals surface area contributed by atoms with E-state index < -0.39 is 23.4 Å². The number of esters is 1. The Morgan fingerprint density at radius 1 is 1.34 bits per heavy atom. The third kappa shape index (κ3) is 4.19. The number of anilines is 1. The quantitative estimate of drug-likeness (QED) is 0.482. The molecule has 166 valence electrons. The molecule has 1 unspecified atom stereocenters. The molecule has 32 heavy (non-hydrogen) atoms. The lowest BCUT2D eigenvalue weighted by Gasteiger charge is -2.18. The van der Waals surface area contributed by atoms with Gasteiger partial charge >= 0.3 is 5.97 Å². The summed E-state index contributed by atoms with van der Waals surface area (Å²) in [4.78, 5) is 55.9. The first kappa shape index (κ1) is 21.5. The second-order valence-electron chi connectivity index (χ2n) is 7.11. The predicted molar refractivity (Wildman–Crippen MR) is 117 cm³/mol. The van der Waals surface area contributed by atoms with E-state index in [1.807, 2.05) is 0 Å². The van der Waals surface area contributed by atoms with E-state index in [4.69, 9.17) is 9.47 Å². The Labute approximate surface area is 186 Å². The molecule has 0 fully saturated rings. The van der Waals surface area contributed by atoms with E-state index in [9.17, 15) is 19.2 Å². The summed E-state index contributed by atoms with van der Waals surface area (Å²) in [6.07, 6.45) is 0. The number of rotatable bonds is 6. The van der Waals surface area contributed by atoms with Crippen LogP contribution in [0.5, 0.6) is 5.75 Å². The highest BCUT2D eigenvalue weighted by Crippen LogP contribution is 2.29. The van der Waals surface area contributed by atoms with Gasteiger partial charge in [0.2, 0.25) is 5.82 Å². The van der Waals surface area contributed by atoms with Crippen LogP contribution in [0.2, 0.25) is 0 Å². The summed E-state index contributed by atoms with van der Waals surface area (Å²) in [7, 11) is 0. The Kier molecular flexibility index (Phi) is 5.91. The van der Waals surface area contributed by atoms with Crippen molar-refractivity contribution in [3.8, 4) is 5.75 Å². The second kappa shape index (κ2) is 8.79. The topological polar surface area (TPSA) is 139 Å². The third-order valence-electron chi connectivity index (χ3n) is 4.92. The number of aromatic amines is 1. The Morgan fingerprint density at radius 3 is 2.94 bits per heavy atom. The van der Waals surface area contributed by atoms with Gasteiger partial charge in [-0.1, -0.05) is 6.07 Å². The van der Waals surface area contributed by atoms with Crippen LogP contribution in [0, 0.1) is 0 Å². The van der Waals surface area contributed by atoms with Gasteiger partial charge in [-0.3, -0.25) is 19.2 Å². The number of hydrogen-bond donors (Lipinski definition) is 3. The molecule has 3 N–H and O–H groups in total. The van der Waals surface area contributed by atoms with Gasteiger partial charge in [-0.15, -0.1) is 11.3 Å². The van der Waals surface area contributed by atoms with Crippen molar-refractivity contribution < 1.29 is 23.9 Å². The summed E-state index contributed by atoms with van der Waals surface area (Å²) in [6.45, 7) is 3.73. The number of fused-ring (bicyclic) bond motifs is 2. The van der Waals surface area contributed by atoms with Gasteiger partial charge in [0, 0.05) is 6.54 Å². The molecule has 1 aliphatic rings. The zero-order chi connectivity index (χ0) is 22.8. The van der Waals surface area contributed by atoms with Crippen molar-refractivity contribution in [2.24, 2.45) is 0 Å². The normalized spacial score (nSPS) is 13.6. The Hall–Kier alpha value is -3.73. The van der Waals surface area contributed by atoms with Gasteiger partial charge in [-0.2, -0.15) is 0 Å². The van der Waals surface area contributed by atoms with Gasteiger partial charge in [0.25, 0.3) is 17.4 Å². The lowest BCUT2D eigenvalue weighted by molar-refractivity contribution is -0.144. The van der Waals surface area contributed by atoms with Crippen molar-refractivity contribution >= 4 is 45.0 Å². The fraction of sp³-hybridized carbons (Fsp3) is 0.286. The SMILES string of the molecule is CCOC(=O)C(C)c1csc2nc(C(=O)NCc3ccc4c(c3)NC(=O)CO4)[nH]c(=O)c12. The molecule has 0 bridgehead atoms. The number of nitrogens with one attached hydrogen (secondary N) is 3. The molecule has 3 aromatic rings. The minimum atomic E-state index is -0.625. The molecule has 3 heterocycles. The largest absolute Gasteiger partial charge is 0.482 e. The number of thiophene rings is 1. The highest BCUT2D eigenvalue weighted by Gasteiger charge is 2.24. The molecule has 1 aromatic carbocycles. The summed E-state index contributed by atoms with van der Waals surface area (Å²) in [5, 5.41) is 7.36. The molecule has 0 spiro atoms. The highest BCUT2D eigenvalue weighted by molar-refractivity contribution is 7.16. The van der Waals surface area contributed by atoms with E-state index >= 15 is 0 Å². The maximum absolute atomic E-state index is 12.7. The number of benzene rings is 1. The van der Waals surface area contributed by atoms with Crippen LogP contribution in [-0.2, 0) is 20.9 Å². The number of carbonyl (C=O) groups excluding carboxylic acids is 3. The minimum absolute atomic E-state index is 0.0341. The molecule has 2 amide bonds. The highest BCUT2D eigenvalue weighted by atomic mass is 32.1. The van der Waals surface area contributed by atoms with Crippen molar-refractivity contribution in [2.75, 3.05) is 18.5 Å². The molecule has 0 saturated heterocycles. The van der Waals surface area contributed by atoms with Gasteiger partial charge in [0.05, 0.1) is 23.6 Å². The fourth-order valence-corrected chi connectivity index (χ4v) is 4.33. The molecule has 0 radical (unpaired) electrons. The van der Waals surface area contributed by atoms with E-state index in [0.717, 1.165) is 5.56 Å². The summed E-state index contributed by atoms with van der Waals surface area (Å²) in [5.41, 5.74) is 1.28. The van der Waals surface area contributed by atoms with Crippen molar-refractivity contribution in [3.63, 3.8) is 0 Å². The van der Waals surface area contributed by atoms with Gasteiger partial charge < -0.3 is 25.1 Å². The van der Waals surface area contributed by atoms with Crippen LogP contribution in [0.1, 0.15) is 41.5 Å². The van der Waals surface area contributed by atoms with Gasteiger partial charge in [-0.25, -0.2) is 4.98 Å². The van der Waals surface area contributed by atoms with Crippen molar-refractivity contribution in [2.45, 2.75) is 26.3 Å². The van der Waals surface area contributed by atoms with Gasteiger partial charge in [0.1, 0.15) is 10.6 Å². The summed E-state index contributed by atoms with van der Waals surface area (Å²) in [5.74, 6) is -1.44. The standard InChI is InChI=1S/C21H20N4O6S/c1-3-30-21(29)10(2)12-9-32-20-16(12)18(27)24-17(25-20)19(28)22-7-11-4-5-14-13(6-11)23-15(26)8-31-14/h4-6,9-10H,3,7-8H2,1-2H3,(H,22,28)(H,23,26)(H,24,25,27). The Bertz CT molecular complexity index is 1280. The van der Waals surface area contributed by atoms with Gasteiger partial charge in [-0.05, 0) is 42.5 Å². The molecule has 11 heteroatoms. The molecule has 0 saturated carbocycles. The van der Waals surface area contributed by atoms with Crippen LogP contribution in [-0.4, -0.2) is 41.0 Å². The van der Waals surface area contributed by atoms with Crippen molar-refractivity contribution in [1.29, 1.82) is 0 Å².